The normalized spacial score (nSPS) is 10.1. The average molecular weight is 257 g/mol. The van der Waals surface area contributed by atoms with Crippen molar-refractivity contribution in [2.45, 2.75) is 19.8 Å². The third-order valence-electron chi connectivity index (χ3n) is 2.16. The monoisotopic (exact) mass is 256 g/mol. The van der Waals surface area contributed by atoms with Gasteiger partial charge in [0.2, 0.25) is 5.91 Å². The van der Waals surface area contributed by atoms with Gasteiger partial charge in [-0.1, -0.05) is 17.7 Å². The molecule has 4 nitrogen and oxygen atoms in total. The molecule has 0 saturated heterocycles. The maximum Gasteiger partial charge on any atom is 0.234 e. The number of carbonyl (C=O) groups excluding carboxylic acids is 1. The van der Waals surface area contributed by atoms with Gasteiger partial charge in [0, 0.05) is 13.5 Å². The fourth-order valence-corrected chi connectivity index (χ4v) is 1.51. The van der Waals surface area contributed by atoms with E-state index in [1.165, 1.54) is 0 Å². The molecule has 1 aromatic carbocycles. The highest BCUT2D eigenvalue weighted by molar-refractivity contribution is 6.32. The van der Waals surface area contributed by atoms with Crippen LogP contribution < -0.4 is 15.6 Å². The number of hydrogen-bond acceptors (Lipinski definition) is 3. The largest absolute Gasteiger partial charge is 0.492 e. The number of nitrogens with one attached hydrogen (secondary N) is 2. The highest BCUT2D eigenvalue weighted by Gasteiger charge is 2.03. The van der Waals surface area contributed by atoms with Gasteiger partial charge in [-0.15, -0.1) is 0 Å². The topological polar surface area (TPSA) is 50.4 Å². The molecule has 0 heterocycles. The Morgan fingerprint density at radius 2 is 2.24 bits per heavy atom. The van der Waals surface area contributed by atoms with Gasteiger partial charge in [-0.3, -0.25) is 10.2 Å². The lowest BCUT2D eigenvalue weighted by Gasteiger charge is -2.08. The standard InChI is InChI=1S/C12H17ClN2O2/c1-9-5-6-10(13)11(8-9)17-7-3-4-12(16)15-14-2/h5-6,8,14H,3-4,7H2,1-2H3,(H,15,16). The molecular formula is C12H17ClN2O2. The molecule has 17 heavy (non-hydrogen) atoms. The SMILES string of the molecule is CNNC(=O)CCCOc1cc(C)ccc1Cl. The molecule has 1 aromatic rings. The summed E-state index contributed by atoms with van der Waals surface area (Å²) in [5.74, 6) is 0.618. The number of rotatable bonds is 6. The molecule has 5 heteroatoms. The highest BCUT2D eigenvalue weighted by Crippen LogP contribution is 2.25. The van der Waals surface area contributed by atoms with E-state index in [9.17, 15) is 4.79 Å². The van der Waals surface area contributed by atoms with Crippen LogP contribution in [0, 0.1) is 6.92 Å². The third kappa shape index (κ3) is 5.06. The van der Waals surface area contributed by atoms with E-state index in [4.69, 9.17) is 16.3 Å². The van der Waals surface area contributed by atoms with Crippen molar-refractivity contribution in [1.29, 1.82) is 0 Å². The molecule has 0 atom stereocenters. The van der Waals surface area contributed by atoms with Gasteiger partial charge >= 0.3 is 0 Å². The number of aryl methyl sites for hydroxylation is 1. The highest BCUT2D eigenvalue weighted by atomic mass is 35.5. The Kier molecular flexibility index (Phi) is 5.80. The molecular weight excluding hydrogens is 240 g/mol. The molecule has 0 saturated carbocycles. The van der Waals surface area contributed by atoms with Crippen LogP contribution in [0.15, 0.2) is 18.2 Å². The minimum Gasteiger partial charge on any atom is -0.492 e. The van der Waals surface area contributed by atoms with E-state index >= 15 is 0 Å². The number of ether oxygens (including phenoxy) is 1. The third-order valence-corrected chi connectivity index (χ3v) is 2.47. The number of carbonyl (C=O) groups is 1. The molecule has 0 aromatic heterocycles. The fourth-order valence-electron chi connectivity index (χ4n) is 1.34. The van der Waals surface area contributed by atoms with Gasteiger partial charge in [-0.2, -0.15) is 0 Å². The summed E-state index contributed by atoms with van der Waals surface area (Å²) >= 11 is 5.97. The lowest BCUT2D eigenvalue weighted by Crippen LogP contribution is -2.34. The van der Waals surface area contributed by atoms with Crippen LogP contribution >= 0.6 is 11.6 Å². The molecule has 0 aliphatic heterocycles. The van der Waals surface area contributed by atoms with Crippen molar-refractivity contribution < 1.29 is 9.53 Å². The maximum atomic E-state index is 11.1. The van der Waals surface area contributed by atoms with Crippen molar-refractivity contribution in [2.24, 2.45) is 0 Å². The Labute approximate surface area is 106 Å². The zero-order chi connectivity index (χ0) is 12.7. The van der Waals surface area contributed by atoms with Gasteiger partial charge in [0.15, 0.2) is 0 Å². The summed E-state index contributed by atoms with van der Waals surface area (Å²) in [4.78, 5) is 11.1. The second-order valence-corrected chi connectivity index (χ2v) is 4.09. The Morgan fingerprint density at radius 3 is 2.94 bits per heavy atom. The first kappa shape index (κ1) is 13.8. The average Bonchev–Trinajstić information content (AvgIpc) is 2.29. The van der Waals surface area contributed by atoms with Crippen molar-refractivity contribution in [3.63, 3.8) is 0 Å². The summed E-state index contributed by atoms with van der Waals surface area (Å²) in [6.07, 6.45) is 1.07. The van der Waals surface area contributed by atoms with Crippen LogP contribution in [0.25, 0.3) is 0 Å². The molecule has 2 N–H and O–H groups in total. The van der Waals surface area contributed by atoms with Crippen molar-refractivity contribution in [3.8, 4) is 5.75 Å². The van der Waals surface area contributed by atoms with Gasteiger partial charge in [0.1, 0.15) is 5.75 Å². The Bertz CT molecular complexity index is 383. The van der Waals surface area contributed by atoms with E-state index < -0.39 is 0 Å². The smallest absolute Gasteiger partial charge is 0.234 e. The molecule has 0 bridgehead atoms. The first-order chi connectivity index (χ1) is 8.13. The van der Waals surface area contributed by atoms with Crippen LogP contribution in [0.4, 0.5) is 0 Å². The Balaban J connectivity index is 2.31. The second kappa shape index (κ2) is 7.14. The predicted octanol–water partition coefficient (Wildman–Crippen LogP) is 2.06. The zero-order valence-electron chi connectivity index (χ0n) is 10.0. The van der Waals surface area contributed by atoms with Crippen molar-refractivity contribution in [2.75, 3.05) is 13.7 Å². The second-order valence-electron chi connectivity index (χ2n) is 3.68. The van der Waals surface area contributed by atoms with Crippen molar-refractivity contribution in [3.05, 3.63) is 28.8 Å². The first-order valence-electron chi connectivity index (χ1n) is 5.48. The van der Waals surface area contributed by atoms with Crippen molar-refractivity contribution >= 4 is 17.5 Å². The lowest BCUT2D eigenvalue weighted by atomic mass is 10.2. The number of hydrogen-bond donors (Lipinski definition) is 2. The van der Waals surface area contributed by atoms with Gasteiger partial charge in [-0.05, 0) is 31.0 Å². The zero-order valence-corrected chi connectivity index (χ0v) is 10.8. The van der Waals surface area contributed by atoms with Gasteiger partial charge < -0.3 is 4.74 Å². The van der Waals surface area contributed by atoms with E-state index in [-0.39, 0.29) is 5.91 Å². The molecule has 0 unspecified atom stereocenters. The predicted molar refractivity (Wildman–Crippen MR) is 68.1 cm³/mol. The number of halogens is 1. The first-order valence-corrected chi connectivity index (χ1v) is 5.86. The molecule has 94 valence electrons. The molecule has 0 fully saturated rings. The molecule has 0 spiro atoms. The van der Waals surface area contributed by atoms with E-state index in [1.807, 2.05) is 19.1 Å². The van der Waals surface area contributed by atoms with Gasteiger partial charge in [0.25, 0.3) is 0 Å². The molecule has 0 radical (unpaired) electrons. The van der Waals surface area contributed by atoms with Crippen LogP contribution in [-0.2, 0) is 4.79 Å². The Hall–Kier alpha value is -1.26. The minimum absolute atomic E-state index is 0.0496. The van der Waals surface area contributed by atoms with Gasteiger partial charge in [-0.25, -0.2) is 5.43 Å². The van der Waals surface area contributed by atoms with E-state index in [2.05, 4.69) is 10.9 Å². The lowest BCUT2D eigenvalue weighted by molar-refractivity contribution is -0.122. The number of amides is 1. The van der Waals surface area contributed by atoms with Gasteiger partial charge in [0.05, 0.1) is 11.6 Å². The van der Waals surface area contributed by atoms with Crippen LogP contribution in [0.3, 0.4) is 0 Å². The molecule has 1 rings (SSSR count). The van der Waals surface area contributed by atoms with E-state index in [0.29, 0.717) is 30.2 Å². The summed E-state index contributed by atoms with van der Waals surface area (Å²) in [5.41, 5.74) is 6.17. The quantitative estimate of drug-likeness (QED) is 0.605. The summed E-state index contributed by atoms with van der Waals surface area (Å²) in [6.45, 7) is 2.45. The minimum atomic E-state index is -0.0496. The van der Waals surface area contributed by atoms with Crippen molar-refractivity contribution in [1.82, 2.24) is 10.9 Å². The summed E-state index contributed by atoms with van der Waals surface area (Å²) in [5, 5.41) is 0.593. The van der Waals surface area contributed by atoms with E-state index in [0.717, 1.165) is 5.56 Å². The summed E-state index contributed by atoms with van der Waals surface area (Å²) in [6, 6.07) is 5.62. The molecule has 0 aliphatic rings. The molecule has 0 aliphatic carbocycles. The van der Waals surface area contributed by atoms with Crippen LogP contribution in [0.1, 0.15) is 18.4 Å². The van der Waals surface area contributed by atoms with E-state index in [1.54, 1.807) is 13.1 Å². The summed E-state index contributed by atoms with van der Waals surface area (Å²) in [7, 11) is 1.65. The molecule has 1 amide bonds. The van der Waals surface area contributed by atoms with Crippen LogP contribution in [0.2, 0.25) is 5.02 Å². The fraction of sp³-hybridized carbons (Fsp3) is 0.417. The Morgan fingerprint density at radius 1 is 1.47 bits per heavy atom. The van der Waals surface area contributed by atoms with Crippen LogP contribution in [0.5, 0.6) is 5.75 Å². The van der Waals surface area contributed by atoms with Crippen LogP contribution in [-0.4, -0.2) is 19.6 Å². The number of benzene rings is 1. The number of hydrazine groups is 1. The summed E-state index contributed by atoms with van der Waals surface area (Å²) < 4.78 is 5.51. The maximum absolute atomic E-state index is 11.1.